The van der Waals surface area contributed by atoms with Gasteiger partial charge in [0.15, 0.2) is 5.82 Å². The van der Waals surface area contributed by atoms with Gasteiger partial charge in [-0.05, 0) is 19.4 Å². The van der Waals surface area contributed by atoms with Gasteiger partial charge in [-0.25, -0.2) is 14.3 Å². The first-order valence-corrected chi connectivity index (χ1v) is 6.42. The average molecular weight is 262 g/mol. The number of nitrogens with one attached hydrogen (secondary N) is 1. The Morgan fingerprint density at radius 2 is 2.37 bits per heavy atom. The number of nitrogens with zero attached hydrogens (tertiary/aromatic N) is 3. The number of hydrogen-bond donors (Lipinski definition) is 2. The van der Waals surface area contributed by atoms with Crippen molar-refractivity contribution in [3.05, 3.63) is 24.2 Å². The van der Waals surface area contributed by atoms with Crippen molar-refractivity contribution < 1.29 is 9.90 Å². The van der Waals surface area contributed by atoms with Crippen LogP contribution in [-0.4, -0.2) is 31.7 Å². The summed E-state index contributed by atoms with van der Waals surface area (Å²) >= 11 is 0. The van der Waals surface area contributed by atoms with Gasteiger partial charge in [0, 0.05) is 12.4 Å². The van der Waals surface area contributed by atoms with E-state index in [0.29, 0.717) is 12.2 Å². The molecule has 0 aromatic carbocycles. The molecular weight excluding hydrogens is 244 g/mol. The van der Waals surface area contributed by atoms with E-state index < -0.39 is 12.0 Å². The smallest absolute Gasteiger partial charge is 0.326 e. The molecule has 2 aromatic heterocycles. The van der Waals surface area contributed by atoms with Crippen LogP contribution in [0.3, 0.4) is 0 Å². The number of unbranched alkanes of at least 4 members (excludes halogenated alkanes) is 1. The molecule has 1 atom stereocenters. The third-order valence-corrected chi connectivity index (χ3v) is 2.97. The lowest BCUT2D eigenvalue weighted by Crippen LogP contribution is -2.29. The van der Waals surface area contributed by atoms with Gasteiger partial charge in [-0.15, -0.1) is 0 Å². The number of aryl methyl sites for hydroxylation is 1. The van der Waals surface area contributed by atoms with E-state index in [1.165, 1.54) is 0 Å². The quantitative estimate of drug-likeness (QED) is 0.833. The molecule has 0 aliphatic heterocycles. The van der Waals surface area contributed by atoms with E-state index >= 15 is 0 Å². The van der Waals surface area contributed by atoms with Crippen LogP contribution in [0.15, 0.2) is 18.5 Å². The Balaban J connectivity index is 2.25. The second-order valence-electron chi connectivity index (χ2n) is 4.57. The Kier molecular flexibility index (Phi) is 3.99. The van der Waals surface area contributed by atoms with Crippen molar-refractivity contribution in [3.63, 3.8) is 0 Å². The molecule has 2 aromatic rings. The van der Waals surface area contributed by atoms with Crippen LogP contribution in [0.5, 0.6) is 0 Å². The van der Waals surface area contributed by atoms with Crippen LogP contribution < -0.4 is 5.32 Å². The van der Waals surface area contributed by atoms with Gasteiger partial charge in [0.1, 0.15) is 11.6 Å². The number of aromatic nitrogens is 3. The van der Waals surface area contributed by atoms with E-state index in [9.17, 15) is 9.90 Å². The number of carbonyl (C=O) groups is 1. The zero-order valence-corrected chi connectivity index (χ0v) is 11.1. The largest absolute Gasteiger partial charge is 0.480 e. The summed E-state index contributed by atoms with van der Waals surface area (Å²) in [5.74, 6) is -0.292. The van der Waals surface area contributed by atoms with E-state index in [-0.39, 0.29) is 0 Å². The van der Waals surface area contributed by atoms with Crippen LogP contribution in [-0.2, 0) is 4.79 Å². The summed E-state index contributed by atoms with van der Waals surface area (Å²) in [6, 6.07) is 1.27. The standard InChI is InChI=1S/C13H18N4O2/c1-3-4-5-10(13(18)19)15-12-11-8-9(2)16-17(11)7-6-14-12/h6-8,10H,3-5H2,1-2H3,(H,14,15)(H,18,19). The molecule has 0 aliphatic carbocycles. The summed E-state index contributed by atoms with van der Waals surface area (Å²) in [5, 5.41) is 16.5. The minimum Gasteiger partial charge on any atom is -0.480 e. The first-order chi connectivity index (χ1) is 9.11. The molecular formula is C13H18N4O2. The molecule has 0 spiro atoms. The maximum absolute atomic E-state index is 11.2. The van der Waals surface area contributed by atoms with E-state index in [0.717, 1.165) is 24.1 Å². The van der Waals surface area contributed by atoms with Crippen molar-refractivity contribution in [1.29, 1.82) is 0 Å². The molecule has 2 N–H and O–H groups in total. The highest BCUT2D eigenvalue weighted by Crippen LogP contribution is 2.17. The highest BCUT2D eigenvalue weighted by atomic mass is 16.4. The van der Waals surface area contributed by atoms with Gasteiger partial charge < -0.3 is 10.4 Å². The highest BCUT2D eigenvalue weighted by molar-refractivity contribution is 5.79. The minimum absolute atomic E-state index is 0.562. The summed E-state index contributed by atoms with van der Waals surface area (Å²) < 4.78 is 1.70. The normalized spacial score (nSPS) is 12.5. The van der Waals surface area contributed by atoms with Crippen LogP contribution in [0.2, 0.25) is 0 Å². The number of hydrogen-bond acceptors (Lipinski definition) is 4. The van der Waals surface area contributed by atoms with Crippen molar-refractivity contribution in [2.45, 2.75) is 39.2 Å². The van der Waals surface area contributed by atoms with Crippen LogP contribution in [0.1, 0.15) is 31.9 Å². The van der Waals surface area contributed by atoms with Crippen LogP contribution in [0, 0.1) is 6.92 Å². The molecule has 2 rings (SSSR count). The first-order valence-electron chi connectivity index (χ1n) is 6.42. The van der Waals surface area contributed by atoms with Crippen LogP contribution in [0.25, 0.3) is 5.52 Å². The molecule has 102 valence electrons. The molecule has 0 saturated heterocycles. The molecule has 0 fully saturated rings. The number of rotatable bonds is 6. The monoisotopic (exact) mass is 262 g/mol. The van der Waals surface area contributed by atoms with Gasteiger partial charge in [-0.3, -0.25) is 0 Å². The van der Waals surface area contributed by atoms with Crippen molar-refractivity contribution in [2.24, 2.45) is 0 Å². The summed E-state index contributed by atoms with van der Waals surface area (Å²) in [6.45, 7) is 3.93. The minimum atomic E-state index is -0.853. The van der Waals surface area contributed by atoms with Gasteiger partial charge in [0.25, 0.3) is 0 Å². The molecule has 0 saturated carbocycles. The molecule has 19 heavy (non-hydrogen) atoms. The predicted molar refractivity (Wildman–Crippen MR) is 72.3 cm³/mol. The van der Waals surface area contributed by atoms with Crippen molar-refractivity contribution in [1.82, 2.24) is 14.6 Å². The fourth-order valence-corrected chi connectivity index (χ4v) is 1.99. The molecule has 0 bridgehead atoms. The molecule has 6 nitrogen and oxygen atoms in total. The third-order valence-electron chi connectivity index (χ3n) is 2.97. The molecule has 0 radical (unpaired) electrons. The number of carboxylic acids is 1. The summed E-state index contributed by atoms with van der Waals surface area (Å²) in [6.07, 6.45) is 5.78. The Hall–Kier alpha value is -2.11. The SMILES string of the molecule is CCCCC(Nc1nccn2nc(C)cc12)C(=O)O. The number of anilines is 1. The third kappa shape index (κ3) is 3.01. The van der Waals surface area contributed by atoms with E-state index in [4.69, 9.17) is 0 Å². The predicted octanol–water partition coefficient (Wildman–Crippen LogP) is 2.09. The van der Waals surface area contributed by atoms with Crippen molar-refractivity contribution in [2.75, 3.05) is 5.32 Å². The number of carboxylic acid groups (broad SMARTS) is 1. The van der Waals surface area contributed by atoms with Crippen molar-refractivity contribution >= 4 is 17.3 Å². The fourth-order valence-electron chi connectivity index (χ4n) is 1.99. The lowest BCUT2D eigenvalue weighted by Gasteiger charge is -2.15. The zero-order valence-electron chi connectivity index (χ0n) is 11.1. The van der Waals surface area contributed by atoms with Crippen LogP contribution in [0.4, 0.5) is 5.82 Å². The van der Waals surface area contributed by atoms with E-state index in [2.05, 4.69) is 15.4 Å². The molecule has 0 aliphatic rings. The molecule has 6 heteroatoms. The Bertz CT molecular complexity index is 579. The van der Waals surface area contributed by atoms with Gasteiger partial charge in [0.2, 0.25) is 0 Å². The average Bonchev–Trinajstić information content (AvgIpc) is 2.75. The van der Waals surface area contributed by atoms with Gasteiger partial charge >= 0.3 is 5.97 Å². The summed E-state index contributed by atoms with van der Waals surface area (Å²) in [5.41, 5.74) is 1.67. The Morgan fingerprint density at radius 1 is 1.58 bits per heavy atom. The lowest BCUT2D eigenvalue weighted by molar-refractivity contribution is -0.138. The van der Waals surface area contributed by atoms with Gasteiger partial charge in [0.05, 0.1) is 5.69 Å². The highest BCUT2D eigenvalue weighted by Gasteiger charge is 2.18. The molecule has 2 heterocycles. The fraction of sp³-hybridized carbons (Fsp3) is 0.462. The van der Waals surface area contributed by atoms with Crippen molar-refractivity contribution in [3.8, 4) is 0 Å². The van der Waals surface area contributed by atoms with E-state index in [1.807, 2.05) is 19.9 Å². The van der Waals surface area contributed by atoms with Crippen LogP contribution >= 0.6 is 0 Å². The topological polar surface area (TPSA) is 79.5 Å². The summed E-state index contributed by atoms with van der Waals surface area (Å²) in [7, 11) is 0. The summed E-state index contributed by atoms with van der Waals surface area (Å²) in [4.78, 5) is 15.5. The maximum atomic E-state index is 11.2. The molecule has 0 amide bonds. The van der Waals surface area contributed by atoms with Gasteiger partial charge in [-0.1, -0.05) is 19.8 Å². The first kappa shape index (κ1) is 13.3. The lowest BCUT2D eigenvalue weighted by atomic mass is 10.1. The van der Waals surface area contributed by atoms with Gasteiger partial charge in [-0.2, -0.15) is 5.10 Å². The van der Waals surface area contributed by atoms with E-state index in [1.54, 1.807) is 16.9 Å². The number of aliphatic carboxylic acids is 1. The molecule has 1 unspecified atom stereocenters. The zero-order chi connectivity index (χ0) is 13.8. The maximum Gasteiger partial charge on any atom is 0.326 e. The Morgan fingerprint density at radius 3 is 3.05 bits per heavy atom. The second-order valence-corrected chi connectivity index (χ2v) is 4.57. The second kappa shape index (κ2) is 5.69. The number of fused-ring (bicyclic) bond motifs is 1. The Labute approximate surface area is 111 Å².